The standard InChI is InChI=1S/C32H12BF24.C17H13Cl3NO/c34-25(35,36)13-1-14(26(37,38)39)6-21(5-13)33(22-7-15(27(40,41)42)2-16(8-22)28(43,44)45,23-9-17(29(46,47)48)3-18(10-23)30(49,50)51)24-11-19(31(52,53)54)4-20(12-24)32(55,56)57;18-17(19,20)22-16-15-9-5-4-8-14(15)10-11-21(16)12-13-6-2-1-3-7-13/h1-12H;1-11H,12H2/q-1;+1. The number of hydrogen-bond donors (Lipinski definition) is 0. The molecule has 0 N–H and O–H groups in total. The molecule has 0 aliphatic rings. The summed E-state index contributed by atoms with van der Waals surface area (Å²) in [5.74, 6) is 0.530. The Kier molecular flexibility index (Phi) is 16.8. The van der Waals surface area contributed by atoms with Gasteiger partial charge in [0, 0.05) is 11.6 Å². The second kappa shape index (κ2) is 21.4. The summed E-state index contributed by atoms with van der Waals surface area (Å²) < 4.78 is 347. The molecule has 7 rings (SSSR count). The van der Waals surface area contributed by atoms with Crippen LogP contribution in [0, 0.1) is 0 Å². The summed E-state index contributed by atoms with van der Waals surface area (Å²) in [7, 11) is 0. The largest absolute Gasteiger partial charge is 0.416 e. The highest BCUT2D eigenvalue weighted by atomic mass is 35.6. The zero-order valence-corrected chi connectivity index (χ0v) is 40.4. The Labute approximate surface area is 442 Å². The minimum absolute atomic E-state index is 0.530. The zero-order chi connectivity index (χ0) is 59.5. The van der Waals surface area contributed by atoms with Crippen LogP contribution in [-0.2, 0) is 56.0 Å². The molecular weight excluding hydrogens is 1190 g/mol. The van der Waals surface area contributed by atoms with Crippen molar-refractivity contribution in [1.29, 1.82) is 0 Å². The van der Waals surface area contributed by atoms with Crippen molar-refractivity contribution in [3.8, 4) is 5.88 Å². The van der Waals surface area contributed by atoms with Crippen LogP contribution in [0.25, 0.3) is 10.8 Å². The normalized spacial score (nSPS) is 13.6. The first-order valence-electron chi connectivity index (χ1n) is 21.4. The van der Waals surface area contributed by atoms with E-state index in [1.807, 2.05) is 71.4 Å². The molecule has 0 unspecified atom stereocenters. The van der Waals surface area contributed by atoms with Crippen molar-refractivity contribution in [2.75, 3.05) is 0 Å². The number of halogens is 27. The van der Waals surface area contributed by atoms with Gasteiger partial charge in [0.15, 0.2) is 12.7 Å². The van der Waals surface area contributed by atoms with Crippen LogP contribution in [0.1, 0.15) is 50.1 Å². The summed E-state index contributed by atoms with van der Waals surface area (Å²) in [6, 6.07) is 11.1. The summed E-state index contributed by atoms with van der Waals surface area (Å²) in [5, 5.41) is 1.92. The quantitative estimate of drug-likeness (QED) is 0.0671. The third kappa shape index (κ3) is 14.6. The van der Waals surface area contributed by atoms with Gasteiger partial charge in [0.25, 0.3) is 0 Å². The molecule has 6 aromatic carbocycles. The summed E-state index contributed by atoms with van der Waals surface area (Å²) in [5.41, 5.74) is -29.1. The van der Waals surface area contributed by atoms with Crippen LogP contribution >= 0.6 is 34.8 Å². The number of rotatable bonds is 7. The molecule has 0 aliphatic heterocycles. The molecule has 0 atom stereocenters. The number of alkyl halides is 27. The third-order valence-electron chi connectivity index (χ3n) is 11.7. The highest BCUT2D eigenvalue weighted by molar-refractivity contribution is 7.20. The minimum atomic E-state index is -6.13. The van der Waals surface area contributed by atoms with E-state index in [9.17, 15) is 105 Å². The first-order valence-corrected chi connectivity index (χ1v) is 22.5. The highest BCUT2D eigenvalue weighted by Crippen LogP contribution is 2.42. The summed E-state index contributed by atoms with van der Waals surface area (Å²) in [6.07, 6.45) is -52.9. The van der Waals surface area contributed by atoms with Crippen molar-refractivity contribution >= 4 is 73.6 Å². The molecule has 0 aliphatic carbocycles. The van der Waals surface area contributed by atoms with Crippen LogP contribution in [0.5, 0.6) is 5.88 Å². The predicted molar refractivity (Wildman–Crippen MR) is 241 cm³/mol. The number of aromatic nitrogens is 1. The van der Waals surface area contributed by atoms with Crippen LogP contribution < -0.4 is 31.2 Å². The molecule has 7 aromatic rings. The van der Waals surface area contributed by atoms with Gasteiger partial charge in [0.05, 0.1) is 49.9 Å². The van der Waals surface area contributed by atoms with Gasteiger partial charge in [-0.25, -0.2) is 0 Å². The van der Waals surface area contributed by atoms with Crippen LogP contribution in [0.3, 0.4) is 0 Å². The van der Waals surface area contributed by atoms with Gasteiger partial charge in [-0.2, -0.15) is 132 Å². The Morgan fingerprint density at radius 1 is 0.342 bits per heavy atom. The van der Waals surface area contributed by atoms with Crippen molar-refractivity contribution in [1.82, 2.24) is 0 Å². The molecule has 1 aromatic heterocycles. The van der Waals surface area contributed by atoms with E-state index in [0.717, 1.165) is 16.3 Å². The van der Waals surface area contributed by atoms with E-state index in [0.29, 0.717) is 12.4 Å². The predicted octanol–water partition coefficient (Wildman–Crippen LogP) is 16.1. The topological polar surface area (TPSA) is 13.1 Å². The lowest BCUT2D eigenvalue weighted by Gasteiger charge is -2.46. The van der Waals surface area contributed by atoms with Gasteiger partial charge in [0.1, 0.15) is 6.15 Å². The van der Waals surface area contributed by atoms with Crippen molar-refractivity contribution < 1.29 is 115 Å². The van der Waals surface area contributed by atoms with Crippen LogP contribution in [0.4, 0.5) is 105 Å². The number of fused-ring (bicyclic) bond motifs is 1. The molecule has 0 fully saturated rings. The summed E-state index contributed by atoms with van der Waals surface area (Å²) >= 11 is 17.5. The maximum Gasteiger partial charge on any atom is 0.416 e. The fraction of sp³-hybridized carbons (Fsp3) is 0.204. The molecule has 1 heterocycles. The van der Waals surface area contributed by atoms with Gasteiger partial charge in [-0.1, -0.05) is 97.1 Å². The van der Waals surface area contributed by atoms with E-state index in [-0.39, 0.29) is 0 Å². The Bertz CT molecular complexity index is 2900. The Hall–Kier alpha value is -6.22. The number of ether oxygens (including phenoxy) is 1. The van der Waals surface area contributed by atoms with Gasteiger partial charge < -0.3 is 4.74 Å². The van der Waals surface area contributed by atoms with Crippen molar-refractivity contribution in [2.45, 2.75) is 59.9 Å². The second-order valence-corrected chi connectivity index (χ2v) is 19.3. The van der Waals surface area contributed by atoms with E-state index in [4.69, 9.17) is 39.5 Å². The second-order valence-electron chi connectivity index (χ2n) is 17.1. The van der Waals surface area contributed by atoms with Crippen molar-refractivity contribution in [3.05, 3.63) is 190 Å². The molecule has 2 nitrogen and oxygen atoms in total. The smallest absolute Gasteiger partial charge is 0.392 e. The molecule has 0 amide bonds. The SMILES string of the molecule is ClC(Cl)(Cl)Oc1c2ccccc2cc[n+]1Cc1ccccc1.FC(F)(F)c1cc([B-](c2cc(C(F)(F)F)cc(C(F)(F)F)c2)(c2cc(C(F)(F)F)cc(C(F)(F)F)c2)c2cc(C(F)(F)F)cc(C(F)(F)F)c2)cc(C(F)(F)F)c1. The first kappa shape index (κ1) is 62.0. The Morgan fingerprint density at radius 2 is 0.608 bits per heavy atom. The average molecular weight is 1220 g/mol. The van der Waals surface area contributed by atoms with Crippen LogP contribution in [-0.4, -0.2) is 10.1 Å². The lowest BCUT2D eigenvalue weighted by molar-refractivity contribution is -0.692. The van der Waals surface area contributed by atoms with Gasteiger partial charge in [-0.05, 0) is 70.5 Å². The highest BCUT2D eigenvalue weighted by Gasteiger charge is 2.47. The molecule has 0 bridgehead atoms. The molecule has 424 valence electrons. The van der Waals surface area contributed by atoms with Crippen LogP contribution in [0.15, 0.2) is 140 Å². The molecule has 0 spiro atoms. The van der Waals surface area contributed by atoms with Gasteiger partial charge in [-0.15, -0.1) is 0 Å². The van der Waals surface area contributed by atoms with E-state index < -0.39 is 199 Å². The summed E-state index contributed by atoms with van der Waals surface area (Å²) in [6.45, 7) is 0.627. The number of hydrogen-bond acceptors (Lipinski definition) is 1. The van der Waals surface area contributed by atoms with E-state index >= 15 is 0 Å². The fourth-order valence-corrected chi connectivity index (χ4v) is 8.65. The van der Waals surface area contributed by atoms with Crippen LogP contribution in [0.2, 0.25) is 0 Å². The molecular formula is C49H25BCl3F24NO. The number of pyridine rings is 1. The maximum atomic E-state index is 14.2. The minimum Gasteiger partial charge on any atom is -0.392 e. The number of nitrogens with zero attached hydrogens (tertiary/aromatic N) is 1. The van der Waals surface area contributed by atoms with Gasteiger partial charge in [0.2, 0.25) is 0 Å². The molecule has 79 heavy (non-hydrogen) atoms. The zero-order valence-electron chi connectivity index (χ0n) is 38.1. The lowest BCUT2D eigenvalue weighted by Crippen LogP contribution is -2.75. The lowest BCUT2D eigenvalue weighted by atomic mass is 9.12. The third-order valence-corrected chi connectivity index (χ3v) is 12.0. The first-order chi connectivity index (χ1) is 35.8. The summed E-state index contributed by atoms with van der Waals surface area (Å²) in [4.78, 5) is 0. The molecule has 30 heteroatoms. The Morgan fingerprint density at radius 3 is 0.873 bits per heavy atom. The number of benzene rings is 6. The molecule has 0 saturated heterocycles. The van der Waals surface area contributed by atoms with Crippen molar-refractivity contribution in [3.63, 3.8) is 0 Å². The Balaban J connectivity index is 0.000000378. The molecule has 0 radical (unpaired) electrons. The maximum absolute atomic E-state index is 14.2. The van der Waals surface area contributed by atoms with Gasteiger partial charge >= 0.3 is 59.3 Å². The fourth-order valence-electron chi connectivity index (χ4n) is 8.43. The van der Waals surface area contributed by atoms with Crippen molar-refractivity contribution in [2.24, 2.45) is 0 Å². The van der Waals surface area contributed by atoms with E-state index in [1.54, 1.807) is 0 Å². The average Bonchev–Trinajstić information content (AvgIpc) is 3.31. The van der Waals surface area contributed by atoms with E-state index in [1.165, 1.54) is 0 Å². The monoisotopic (exact) mass is 1220 g/mol. The van der Waals surface area contributed by atoms with Gasteiger partial charge in [-0.3, -0.25) is 0 Å². The van der Waals surface area contributed by atoms with E-state index in [2.05, 4.69) is 0 Å². The molecule has 0 saturated carbocycles.